The van der Waals surface area contributed by atoms with Crippen molar-refractivity contribution in [3.8, 4) is 11.5 Å². The standard InChI is InChI=1S/C30H36O6.CH4O/c1-21-10-12-25(16-24(21)14-23-11-13-28(32-2)29(15-23)33-3)30(34-4)18-26(17-27(19-31)36-30)35-20-22-8-6-5-7-9-22;1-2/h5-13,15-16,26-27,31H,14,17-20H2,1-4H3;2H,1H3. The van der Waals surface area contributed by atoms with Gasteiger partial charge in [-0.3, -0.25) is 0 Å². The molecule has 0 saturated carbocycles. The van der Waals surface area contributed by atoms with E-state index in [1.807, 2.05) is 54.6 Å². The van der Waals surface area contributed by atoms with Crippen LogP contribution in [0.5, 0.6) is 11.5 Å². The number of aliphatic hydroxyl groups excluding tert-OH is 2. The SMILES string of the molecule is CO.COc1ccc(Cc2cc(C3(OC)CC(OCc4ccccc4)CC(CO)O3)ccc2C)cc1OC. The van der Waals surface area contributed by atoms with E-state index in [0.717, 1.165) is 35.8 Å². The second kappa shape index (κ2) is 14.3. The molecule has 1 heterocycles. The summed E-state index contributed by atoms with van der Waals surface area (Å²) in [6.07, 6.45) is 1.36. The van der Waals surface area contributed by atoms with Gasteiger partial charge in [0, 0.05) is 32.6 Å². The lowest BCUT2D eigenvalue weighted by molar-refractivity contribution is -0.303. The van der Waals surface area contributed by atoms with Crippen LogP contribution in [-0.4, -0.2) is 57.5 Å². The Balaban J connectivity index is 0.00000195. The van der Waals surface area contributed by atoms with E-state index < -0.39 is 5.79 Å². The molecule has 3 unspecified atom stereocenters. The molecule has 0 aliphatic carbocycles. The van der Waals surface area contributed by atoms with Crippen molar-refractivity contribution in [1.82, 2.24) is 0 Å². The monoisotopic (exact) mass is 524 g/mol. The molecule has 4 rings (SSSR count). The third kappa shape index (κ3) is 7.12. The highest BCUT2D eigenvalue weighted by Crippen LogP contribution is 2.41. The Morgan fingerprint density at radius 1 is 0.895 bits per heavy atom. The molecule has 2 N–H and O–H groups in total. The van der Waals surface area contributed by atoms with Crippen LogP contribution in [0.25, 0.3) is 0 Å². The number of aliphatic hydroxyl groups is 2. The minimum Gasteiger partial charge on any atom is -0.493 e. The van der Waals surface area contributed by atoms with E-state index in [-0.39, 0.29) is 18.8 Å². The molecule has 0 amide bonds. The molecule has 1 aliphatic heterocycles. The number of benzene rings is 3. The Morgan fingerprint density at radius 3 is 2.29 bits per heavy atom. The summed E-state index contributed by atoms with van der Waals surface area (Å²) in [6, 6.07) is 22.4. The maximum absolute atomic E-state index is 10.00. The number of ether oxygens (including phenoxy) is 5. The zero-order valence-corrected chi connectivity index (χ0v) is 23.0. The number of aryl methyl sites for hydroxylation is 1. The molecule has 7 heteroatoms. The fourth-order valence-electron chi connectivity index (χ4n) is 4.81. The average molecular weight is 525 g/mol. The maximum Gasteiger partial charge on any atom is 0.197 e. The van der Waals surface area contributed by atoms with Gasteiger partial charge in [-0.05, 0) is 53.8 Å². The molecule has 38 heavy (non-hydrogen) atoms. The van der Waals surface area contributed by atoms with E-state index in [1.54, 1.807) is 21.3 Å². The summed E-state index contributed by atoms with van der Waals surface area (Å²) in [5.41, 5.74) is 5.47. The summed E-state index contributed by atoms with van der Waals surface area (Å²) < 4.78 is 29.6. The maximum atomic E-state index is 10.00. The van der Waals surface area contributed by atoms with Crippen LogP contribution >= 0.6 is 0 Å². The van der Waals surface area contributed by atoms with Gasteiger partial charge in [0.2, 0.25) is 0 Å². The summed E-state index contributed by atoms with van der Waals surface area (Å²) >= 11 is 0. The molecule has 0 bridgehead atoms. The summed E-state index contributed by atoms with van der Waals surface area (Å²) in [4.78, 5) is 0. The molecule has 206 valence electrons. The Kier molecular flexibility index (Phi) is 11.1. The molecule has 0 aromatic heterocycles. The van der Waals surface area contributed by atoms with Gasteiger partial charge in [-0.1, -0.05) is 48.5 Å². The van der Waals surface area contributed by atoms with Gasteiger partial charge >= 0.3 is 0 Å². The first kappa shape index (κ1) is 29.6. The van der Waals surface area contributed by atoms with Crippen LogP contribution in [0, 0.1) is 6.92 Å². The van der Waals surface area contributed by atoms with Crippen molar-refractivity contribution < 1.29 is 33.9 Å². The summed E-state index contributed by atoms with van der Waals surface area (Å²) in [7, 11) is 5.93. The molecule has 3 aromatic carbocycles. The van der Waals surface area contributed by atoms with Crippen molar-refractivity contribution in [2.75, 3.05) is 35.0 Å². The minimum atomic E-state index is -1.01. The number of hydrogen-bond donors (Lipinski definition) is 2. The average Bonchev–Trinajstić information content (AvgIpc) is 2.98. The molecule has 3 aromatic rings. The first-order valence-electron chi connectivity index (χ1n) is 12.7. The Labute approximate surface area is 225 Å². The largest absolute Gasteiger partial charge is 0.493 e. The highest BCUT2D eigenvalue weighted by atomic mass is 16.7. The van der Waals surface area contributed by atoms with E-state index in [9.17, 15) is 5.11 Å². The second-order valence-electron chi connectivity index (χ2n) is 9.25. The van der Waals surface area contributed by atoms with E-state index in [0.29, 0.717) is 30.9 Å². The topological polar surface area (TPSA) is 86.6 Å². The Bertz CT molecular complexity index is 1130. The van der Waals surface area contributed by atoms with E-state index in [1.165, 1.54) is 5.56 Å². The van der Waals surface area contributed by atoms with Gasteiger partial charge in [0.05, 0.1) is 39.6 Å². The molecule has 7 nitrogen and oxygen atoms in total. The molecule has 0 radical (unpaired) electrons. The van der Waals surface area contributed by atoms with Crippen molar-refractivity contribution >= 4 is 0 Å². The van der Waals surface area contributed by atoms with Crippen molar-refractivity contribution in [2.45, 2.75) is 50.8 Å². The quantitative estimate of drug-likeness (QED) is 0.395. The first-order valence-corrected chi connectivity index (χ1v) is 12.7. The van der Waals surface area contributed by atoms with Gasteiger partial charge in [-0.15, -0.1) is 0 Å². The molecular formula is C31H40O7. The highest BCUT2D eigenvalue weighted by molar-refractivity contribution is 5.45. The predicted octanol–water partition coefficient (Wildman–Crippen LogP) is 4.77. The van der Waals surface area contributed by atoms with Crippen LogP contribution in [-0.2, 0) is 33.0 Å². The van der Waals surface area contributed by atoms with Gasteiger partial charge < -0.3 is 33.9 Å². The van der Waals surface area contributed by atoms with Crippen LogP contribution < -0.4 is 9.47 Å². The normalized spacial score (nSPS) is 20.8. The van der Waals surface area contributed by atoms with Crippen molar-refractivity contribution in [1.29, 1.82) is 0 Å². The third-order valence-electron chi connectivity index (χ3n) is 6.87. The summed E-state index contributed by atoms with van der Waals surface area (Å²) in [6.45, 7) is 2.51. The van der Waals surface area contributed by atoms with Crippen molar-refractivity contribution in [3.05, 3.63) is 94.5 Å². The molecule has 1 aliphatic rings. The fourth-order valence-corrected chi connectivity index (χ4v) is 4.81. The summed E-state index contributed by atoms with van der Waals surface area (Å²) in [5.74, 6) is 0.404. The van der Waals surface area contributed by atoms with Gasteiger partial charge in [0.1, 0.15) is 0 Å². The second-order valence-corrected chi connectivity index (χ2v) is 9.25. The predicted molar refractivity (Wildman–Crippen MR) is 147 cm³/mol. The zero-order valence-electron chi connectivity index (χ0n) is 23.0. The molecule has 0 spiro atoms. The first-order chi connectivity index (χ1) is 18.5. The van der Waals surface area contributed by atoms with Crippen LogP contribution in [0.1, 0.15) is 40.7 Å². The molecule has 1 saturated heterocycles. The Morgan fingerprint density at radius 2 is 1.63 bits per heavy atom. The van der Waals surface area contributed by atoms with Crippen LogP contribution in [0.15, 0.2) is 66.7 Å². The minimum absolute atomic E-state index is 0.0966. The fraction of sp³-hybridized carbons (Fsp3) is 0.419. The van der Waals surface area contributed by atoms with Gasteiger partial charge in [-0.2, -0.15) is 0 Å². The van der Waals surface area contributed by atoms with Gasteiger partial charge in [0.25, 0.3) is 0 Å². The third-order valence-corrected chi connectivity index (χ3v) is 6.87. The van der Waals surface area contributed by atoms with Crippen LogP contribution in [0.3, 0.4) is 0 Å². The van der Waals surface area contributed by atoms with Gasteiger partial charge in [-0.25, -0.2) is 0 Å². The highest BCUT2D eigenvalue weighted by Gasteiger charge is 2.44. The van der Waals surface area contributed by atoms with E-state index in [4.69, 9.17) is 28.8 Å². The van der Waals surface area contributed by atoms with Gasteiger partial charge in [0.15, 0.2) is 17.3 Å². The lowest BCUT2D eigenvalue weighted by atomic mass is 9.89. The molecule has 1 fully saturated rings. The lowest BCUT2D eigenvalue weighted by Crippen LogP contribution is -2.47. The van der Waals surface area contributed by atoms with Crippen LogP contribution in [0.4, 0.5) is 0 Å². The smallest absolute Gasteiger partial charge is 0.197 e. The van der Waals surface area contributed by atoms with Crippen molar-refractivity contribution in [2.24, 2.45) is 0 Å². The van der Waals surface area contributed by atoms with Crippen LogP contribution in [0.2, 0.25) is 0 Å². The van der Waals surface area contributed by atoms with E-state index in [2.05, 4.69) is 19.1 Å². The van der Waals surface area contributed by atoms with E-state index >= 15 is 0 Å². The van der Waals surface area contributed by atoms with Crippen molar-refractivity contribution in [3.63, 3.8) is 0 Å². The molecular weight excluding hydrogens is 484 g/mol. The Hall–Kier alpha value is -2.94. The number of rotatable bonds is 10. The number of methoxy groups -OCH3 is 3. The lowest BCUT2D eigenvalue weighted by Gasteiger charge is -2.43. The molecule has 3 atom stereocenters. The zero-order chi connectivity index (χ0) is 27.5. The number of hydrogen-bond acceptors (Lipinski definition) is 7. The summed E-state index contributed by atoms with van der Waals surface area (Å²) in [5, 5.41) is 17.0.